The van der Waals surface area contributed by atoms with E-state index in [1.54, 1.807) is 6.07 Å². The number of likely N-dealkylation sites (tertiary alicyclic amines) is 1. The largest absolute Gasteiger partial charge is 0.309 e. The molecule has 0 spiro atoms. The molecule has 4 heteroatoms. The molecule has 2 rings (SSSR count). The Labute approximate surface area is 123 Å². The van der Waals surface area contributed by atoms with Crippen LogP contribution in [0.15, 0.2) is 22.7 Å². The summed E-state index contributed by atoms with van der Waals surface area (Å²) in [6, 6.07) is 5.28. The smallest absolute Gasteiger partial charge is 0.137 e. The number of rotatable bonds is 4. The van der Waals surface area contributed by atoms with E-state index in [9.17, 15) is 4.39 Å². The highest BCUT2D eigenvalue weighted by Crippen LogP contribution is 2.24. The molecule has 0 aliphatic carbocycles. The zero-order chi connectivity index (χ0) is 13.8. The molecule has 0 amide bonds. The summed E-state index contributed by atoms with van der Waals surface area (Å²) < 4.78 is 14.1. The minimum atomic E-state index is -0.167. The average Bonchev–Trinajstić information content (AvgIpc) is 2.37. The van der Waals surface area contributed by atoms with E-state index >= 15 is 0 Å². The Hall–Kier alpha value is -0.450. The fourth-order valence-electron chi connectivity index (χ4n) is 2.75. The Morgan fingerprint density at radius 1 is 1.32 bits per heavy atom. The molecule has 1 aliphatic heterocycles. The molecule has 106 valence electrons. The van der Waals surface area contributed by atoms with Crippen molar-refractivity contribution < 1.29 is 4.39 Å². The Kier molecular flexibility index (Phi) is 5.37. The highest BCUT2D eigenvalue weighted by molar-refractivity contribution is 9.10. The van der Waals surface area contributed by atoms with E-state index in [1.165, 1.54) is 25.5 Å². The first-order chi connectivity index (χ1) is 9.06. The van der Waals surface area contributed by atoms with Gasteiger partial charge in [-0.3, -0.25) is 4.90 Å². The summed E-state index contributed by atoms with van der Waals surface area (Å²) in [5.74, 6) is 0.641. The van der Waals surface area contributed by atoms with Gasteiger partial charge in [0.1, 0.15) is 5.82 Å². The van der Waals surface area contributed by atoms with E-state index in [4.69, 9.17) is 0 Å². The van der Waals surface area contributed by atoms with Crippen LogP contribution in [0.3, 0.4) is 0 Å². The Morgan fingerprint density at radius 3 is 2.63 bits per heavy atom. The van der Waals surface area contributed by atoms with Gasteiger partial charge in [-0.2, -0.15) is 0 Å². The van der Waals surface area contributed by atoms with Crippen molar-refractivity contribution in [1.29, 1.82) is 0 Å². The summed E-state index contributed by atoms with van der Waals surface area (Å²) in [6.07, 6.45) is 2.48. The van der Waals surface area contributed by atoms with Crippen molar-refractivity contribution in [2.75, 3.05) is 33.7 Å². The summed E-state index contributed by atoms with van der Waals surface area (Å²) in [5.41, 5.74) is 1.05. The Balaban J connectivity index is 1.87. The van der Waals surface area contributed by atoms with Crippen LogP contribution < -0.4 is 0 Å². The van der Waals surface area contributed by atoms with Gasteiger partial charge < -0.3 is 4.90 Å². The number of hydrogen-bond donors (Lipinski definition) is 0. The normalized spacial score (nSPS) is 18.2. The third kappa shape index (κ3) is 4.26. The van der Waals surface area contributed by atoms with Crippen molar-refractivity contribution in [3.63, 3.8) is 0 Å². The number of halogens is 2. The summed E-state index contributed by atoms with van der Waals surface area (Å²) in [6.45, 7) is 4.24. The van der Waals surface area contributed by atoms with Crippen LogP contribution in [0.4, 0.5) is 4.39 Å². The first kappa shape index (κ1) is 14.9. The van der Waals surface area contributed by atoms with E-state index < -0.39 is 0 Å². The van der Waals surface area contributed by atoms with E-state index in [0.29, 0.717) is 4.47 Å². The van der Waals surface area contributed by atoms with Crippen molar-refractivity contribution >= 4 is 15.9 Å². The quantitative estimate of drug-likeness (QED) is 0.836. The number of piperidine rings is 1. The van der Waals surface area contributed by atoms with Crippen molar-refractivity contribution in [2.24, 2.45) is 5.92 Å². The molecule has 0 aromatic heterocycles. The second-order valence-corrected chi connectivity index (χ2v) is 6.49. The molecule has 0 bridgehead atoms. The van der Waals surface area contributed by atoms with Crippen LogP contribution in [0.25, 0.3) is 0 Å². The topological polar surface area (TPSA) is 6.48 Å². The third-order valence-corrected chi connectivity index (χ3v) is 4.64. The van der Waals surface area contributed by atoms with Crippen LogP contribution in [0.1, 0.15) is 18.4 Å². The van der Waals surface area contributed by atoms with Crippen LogP contribution in [-0.4, -0.2) is 43.5 Å². The maximum absolute atomic E-state index is 13.5. The van der Waals surface area contributed by atoms with Gasteiger partial charge in [-0.25, -0.2) is 4.39 Å². The van der Waals surface area contributed by atoms with Crippen molar-refractivity contribution in [3.05, 3.63) is 34.1 Å². The molecule has 0 radical (unpaired) electrons. The van der Waals surface area contributed by atoms with Crippen LogP contribution in [0.5, 0.6) is 0 Å². The van der Waals surface area contributed by atoms with E-state index in [0.717, 1.165) is 31.1 Å². The standard InChI is InChI=1S/C15H22BrFN2/c1-18(2)10-12-6-8-19(9-7-12)11-13-4-3-5-14(17)15(13)16/h3-5,12H,6-11H2,1-2H3. The van der Waals surface area contributed by atoms with E-state index in [1.807, 2.05) is 6.07 Å². The average molecular weight is 329 g/mol. The van der Waals surface area contributed by atoms with Gasteiger partial charge in [-0.15, -0.1) is 0 Å². The third-order valence-electron chi connectivity index (χ3n) is 3.76. The maximum atomic E-state index is 13.5. The summed E-state index contributed by atoms with van der Waals surface area (Å²) >= 11 is 3.34. The maximum Gasteiger partial charge on any atom is 0.137 e. The lowest BCUT2D eigenvalue weighted by atomic mass is 9.96. The molecule has 1 aromatic rings. The van der Waals surface area contributed by atoms with Crippen LogP contribution in [-0.2, 0) is 6.54 Å². The molecule has 0 saturated carbocycles. The second-order valence-electron chi connectivity index (χ2n) is 5.69. The summed E-state index contributed by atoms with van der Waals surface area (Å²) in [5, 5.41) is 0. The molecule has 1 aliphatic rings. The van der Waals surface area contributed by atoms with Gasteiger partial charge >= 0.3 is 0 Å². The molecule has 1 saturated heterocycles. The molecule has 1 fully saturated rings. The van der Waals surface area contributed by atoms with Crippen molar-refractivity contribution in [1.82, 2.24) is 9.80 Å². The zero-order valence-corrected chi connectivity index (χ0v) is 13.3. The SMILES string of the molecule is CN(C)CC1CCN(Cc2cccc(F)c2Br)CC1. The predicted molar refractivity (Wildman–Crippen MR) is 80.7 cm³/mol. The number of hydrogen-bond acceptors (Lipinski definition) is 2. The molecule has 19 heavy (non-hydrogen) atoms. The minimum Gasteiger partial charge on any atom is -0.309 e. The minimum absolute atomic E-state index is 0.167. The molecule has 2 nitrogen and oxygen atoms in total. The van der Waals surface area contributed by atoms with Gasteiger partial charge in [0, 0.05) is 13.1 Å². The lowest BCUT2D eigenvalue weighted by Gasteiger charge is -2.33. The van der Waals surface area contributed by atoms with Crippen LogP contribution >= 0.6 is 15.9 Å². The molecular formula is C15H22BrFN2. The second kappa shape index (κ2) is 6.82. The van der Waals surface area contributed by atoms with Gasteiger partial charge in [0.15, 0.2) is 0 Å². The van der Waals surface area contributed by atoms with Gasteiger partial charge in [-0.05, 0) is 73.5 Å². The van der Waals surface area contributed by atoms with Crippen molar-refractivity contribution in [2.45, 2.75) is 19.4 Å². The van der Waals surface area contributed by atoms with Crippen molar-refractivity contribution in [3.8, 4) is 0 Å². The monoisotopic (exact) mass is 328 g/mol. The first-order valence-electron chi connectivity index (χ1n) is 6.86. The number of nitrogens with zero attached hydrogens (tertiary/aromatic N) is 2. The molecular weight excluding hydrogens is 307 g/mol. The van der Waals surface area contributed by atoms with E-state index in [-0.39, 0.29) is 5.82 Å². The highest BCUT2D eigenvalue weighted by atomic mass is 79.9. The van der Waals surface area contributed by atoms with Gasteiger partial charge in [0.2, 0.25) is 0 Å². The van der Waals surface area contributed by atoms with E-state index in [2.05, 4.69) is 39.8 Å². The first-order valence-corrected chi connectivity index (χ1v) is 7.65. The molecule has 0 unspecified atom stereocenters. The van der Waals surface area contributed by atoms with Gasteiger partial charge in [0.05, 0.1) is 4.47 Å². The number of benzene rings is 1. The van der Waals surface area contributed by atoms with Gasteiger partial charge in [0.25, 0.3) is 0 Å². The molecule has 1 aromatic carbocycles. The fourth-order valence-corrected chi connectivity index (χ4v) is 3.14. The fraction of sp³-hybridized carbons (Fsp3) is 0.600. The molecule has 0 N–H and O–H groups in total. The molecule has 1 heterocycles. The summed E-state index contributed by atoms with van der Waals surface area (Å²) in [7, 11) is 4.27. The Bertz CT molecular complexity index is 415. The Morgan fingerprint density at radius 2 is 2.00 bits per heavy atom. The summed E-state index contributed by atoms with van der Waals surface area (Å²) in [4.78, 5) is 4.69. The van der Waals surface area contributed by atoms with Crippen LogP contribution in [0, 0.1) is 11.7 Å². The lowest BCUT2D eigenvalue weighted by molar-refractivity contribution is 0.156. The van der Waals surface area contributed by atoms with Crippen LogP contribution in [0.2, 0.25) is 0 Å². The highest BCUT2D eigenvalue weighted by Gasteiger charge is 2.20. The molecule has 0 atom stereocenters. The zero-order valence-electron chi connectivity index (χ0n) is 11.7. The predicted octanol–water partition coefficient (Wildman–Crippen LogP) is 3.36. The lowest BCUT2D eigenvalue weighted by Crippen LogP contribution is -2.36. The van der Waals surface area contributed by atoms with Gasteiger partial charge in [-0.1, -0.05) is 12.1 Å².